The molecule has 3 aliphatic rings. The van der Waals surface area contributed by atoms with E-state index < -0.39 is 17.5 Å². The van der Waals surface area contributed by atoms with E-state index in [1.54, 1.807) is 19.2 Å². The summed E-state index contributed by atoms with van der Waals surface area (Å²) in [6, 6.07) is 4.89. The van der Waals surface area contributed by atoms with Gasteiger partial charge in [0.05, 0.1) is 22.8 Å². The molecule has 1 aliphatic carbocycles. The van der Waals surface area contributed by atoms with Gasteiger partial charge in [-0.25, -0.2) is 4.39 Å². The molecule has 0 spiro atoms. The Bertz CT molecular complexity index is 916. The Morgan fingerprint density at radius 3 is 2.86 bits per heavy atom. The van der Waals surface area contributed by atoms with Crippen molar-refractivity contribution in [1.82, 2.24) is 15.5 Å². The molecule has 1 saturated carbocycles. The van der Waals surface area contributed by atoms with Crippen LogP contribution in [0.15, 0.2) is 29.6 Å². The molecule has 8 heteroatoms. The second-order valence-electron chi connectivity index (χ2n) is 10.8. The van der Waals surface area contributed by atoms with E-state index in [0.29, 0.717) is 31.7 Å². The average molecular weight is 524 g/mol. The Morgan fingerprint density at radius 2 is 2.08 bits per heavy atom. The second kappa shape index (κ2) is 12.4. The second-order valence-corrected chi connectivity index (χ2v) is 11.2. The minimum atomic E-state index is -1.32. The molecule has 4 N–H and O–H groups in total. The number of aliphatic hydroxyl groups is 2. The van der Waals surface area contributed by atoms with E-state index in [1.165, 1.54) is 11.6 Å². The molecule has 1 saturated heterocycles. The maximum Gasteiger partial charge on any atom is 0.147 e. The number of hydrogen-bond donors (Lipinski definition) is 4. The van der Waals surface area contributed by atoms with Crippen molar-refractivity contribution in [3.05, 3.63) is 46.0 Å². The number of hydrogen-bond acceptors (Lipinski definition) is 6. The standard InChI is InChI=1S/C28H43ClFN3O3/c1-31-17-24-26(34)20-10-3-4-11-21(20)27(32-24)33-15-8-9-19(18-33)28(35,14-5-6-16-36-2)22-12-7-13-23(29)25(22)30/h7,12-13,19-20,24,26,31-32,34-35H,3-6,8-11,14-18H2,1-2H3/t19-,20?,24-,26+,28?/m1/s1. The summed E-state index contributed by atoms with van der Waals surface area (Å²) in [6.07, 6.45) is 7.59. The van der Waals surface area contributed by atoms with Gasteiger partial charge in [0.15, 0.2) is 0 Å². The third-order valence-electron chi connectivity index (χ3n) is 8.52. The number of unbranched alkanes of at least 4 members (excludes halogenated alkanes) is 1. The van der Waals surface area contributed by atoms with Crippen molar-refractivity contribution in [3.63, 3.8) is 0 Å². The molecule has 0 bridgehead atoms. The Labute approximate surface area is 220 Å². The van der Waals surface area contributed by atoms with Crippen LogP contribution < -0.4 is 10.6 Å². The molecule has 2 unspecified atom stereocenters. The van der Waals surface area contributed by atoms with E-state index in [0.717, 1.165) is 63.7 Å². The number of nitrogens with one attached hydrogen (secondary N) is 2. The summed E-state index contributed by atoms with van der Waals surface area (Å²) >= 11 is 6.17. The lowest BCUT2D eigenvalue weighted by molar-refractivity contribution is -0.0625. The van der Waals surface area contributed by atoms with Crippen molar-refractivity contribution in [2.45, 2.75) is 75.5 Å². The summed E-state index contributed by atoms with van der Waals surface area (Å²) in [5, 5.41) is 30.2. The highest BCUT2D eigenvalue weighted by Gasteiger charge is 2.45. The maximum atomic E-state index is 15.3. The van der Waals surface area contributed by atoms with Crippen LogP contribution in [0.1, 0.15) is 63.4 Å². The first-order valence-electron chi connectivity index (χ1n) is 13.6. The lowest BCUT2D eigenvalue weighted by Gasteiger charge is -2.49. The fourth-order valence-electron chi connectivity index (χ4n) is 6.64. The van der Waals surface area contributed by atoms with Gasteiger partial charge >= 0.3 is 0 Å². The van der Waals surface area contributed by atoms with E-state index in [2.05, 4.69) is 15.5 Å². The van der Waals surface area contributed by atoms with Crippen LogP contribution >= 0.6 is 11.6 Å². The Kier molecular flexibility index (Phi) is 9.56. The molecule has 2 fully saturated rings. The van der Waals surface area contributed by atoms with Crippen molar-refractivity contribution in [2.75, 3.05) is 40.4 Å². The molecular weight excluding hydrogens is 481 g/mol. The molecular formula is C28H43ClFN3O3. The monoisotopic (exact) mass is 523 g/mol. The average Bonchev–Trinajstić information content (AvgIpc) is 2.90. The maximum absolute atomic E-state index is 15.3. The van der Waals surface area contributed by atoms with Gasteiger partial charge in [-0.2, -0.15) is 0 Å². The summed E-state index contributed by atoms with van der Waals surface area (Å²) in [5.74, 6) is 0.636. The number of fused-ring (bicyclic) bond motifs is 1. The van der Waals surface area contributed by atoms with Crippen LogP contribution in [0.2, 0.25) is 5.02 Å². The molecule has 4 rings (SSSR count). The SMILES string of the molecule is CNC[C@H]1NC(N2CCC[C@@H](C(O)(CCCCOC)c3cccc(Cl)c3F)C2)=C2CCCCC2[C@@H]1O. The Hall–Kier alpha value is -1.38. The number of benzene rings is 1. The molecule has 2 heterocycles. The zero-order chi connectivity index (χ0) is 25.7. The van der Waals surface area contributed by atoms with Gasteiger partial charge in [0.1, 0.15) is 11.6 Å². The third-order valence-corrected chi connectivity index (χ3v) is 8.81. The molecule has 202 valence electrons. The van der Waals surface area contributed by atoms with Gasteiger partial charge in [0.25, 0.3) is 0 Å². The molecule has 1 aromatic carbocycles. The normalized spacial score (nSPS) is 28.4. The first-order chi connectivity index (χ1) is 17.4. The van der Waals surface area contributed by atoms with Gasteiger partial charge in [-0.1, -0.05) is 30.2 Å². The van der Waals surface area contributed by atoms with E-state index >= 15 is 4.39 Å². The van der Waals surface area contributed by atoms with Gasteiger partial charge in [-0.05, 0) is 70.1 Å². The van der Waals surface area contributed by atoms with Crippen LogP contribution in [0, 0.1) is 17.7 Å². The molecule has 0 radical (unpaired) electrons. The molecule has 1 aromatic rings. The summed E-state index contributed by atoms with van der Waals surface area (Å²) < 4.78 is 20.5. The number of rotatable bonds is 10. The fraction of sp³-hybridized carbons (Fsp3) is 0.714. The molecule has 6 nitrogen and oxygen atoms in total. The highest BCUT2D eigenvalue weighted by atomic mass is 35.5. The van der Waals surface area contributed by atoms with Crippen LogP contribution in [-0.4, -0.2) is 67.7 Å². The number of ether oxygens (including phenoxy) is 1. The van der Waals surface area contributed by atoms with Crippen molar-refractivity contribution in [1.29, 1.82) is 0 Å². The molecule has 36 heavy (non-hydrogen) atoms. The number of halogens is 2. The van der Waals surface area contributed by atoms with Crippen molar-refractivity contribution >= 4 is 11.6 Å². The number of aliphatic hydroxyl groups excluding tert-OH is 1. The number of piperidine rings is 1. The fourth-order valence-corrected chi connectivity index (χ4v) is 6.81. The minimum Gasteiger partial charge on any atom is -0.390 e. The van der Waals surface area contributed by atoms with Gasteiger partial charge in [-0.15, -0.1) is 0 Å². The van der Waals surface area contributed by atoms with Crippen LogP contribution in [0.25, 0.3) is 0 Å². The van der Waals surface area contributed by atoms with Crippen molar-refractivity contribution in [3.8, 4) is 0 Å². The molecule has 2 aliphatic heterocycles. The van der Waals surface area contributed by atoms with Crippen LogP contribution in [0.3, 0.4) is 0 Å². The molecule has 0 aromatic heterocycles. The van der Waals surface area contributed by atoms with Gasteiger partial charge in [-0.3, -0.25) is 0 Å². The largest absolute Gasteiger partial charge is 0.390 e. The number of methoxy groups -OCH3 is 1. The zero-order valence-electron chi connectivity index (χ0n) is 21.7. The number of likely N-dealkylation sites (tertiary alicyclic amines) is 1. The number of likely N-dealkylation sites (N-methyl/N-ethyl adjacent to an activating group) is 1. The highest BCUT2D eigenvalue weighted by molar-refractivity contribution is 6.30. The smallest absolute Gasteiger partial charge is 0.147 e. The Morgan fingerprint density at radius 1 is 1.25 bits per heavy atom. The summed E-state index contributed by atoms with van der Waals surface area (Å²) in [6.45, 7) is 2.81. The molecule has 5 atom stereocenters. The van der Waals surface area contributed by atoms with E-state index in [4.69, 9.17) is 16.3 Å². The highest BCUT2D eigenvalue weighted by Crippen LogP contribution is 2.44. The van der Waals surface area contributed by atoms with Crippen molar-refractivity contribution < 1.29 is 19.3 Å². The minimum absolute atomic E-state index is 0.0447. The van der Waals surface area contributed by atoms with Gasteiger partial charge < -0.3 is 30.5 Å². The topological polar surface area (TPSA) is 77.0 Å². The molecule has 0 amide bonds. The van der Waals surface area contributed by atoms with Crippen LogP contribution in [0.5, 0.6) is 0 Å². The summed E-state index contributed by atoms with van der Waals surface area (Å²) in [4.78, 5) is 2.36. The summed E-state index contributed by atoms with van der Waals surface area (Å²) in [5.41, 5.74) is 0.295. The van der Waals surface area contributed by atoms with Crippen LogP contribution in [0.4, 0.5) is 4.39 Å². The van der Waals surface area contributed by atoms with Crippen molar-refractivity contribution in [2.24, 2.45) is 11.8 Å². The van der Waals surface area contributed by atoms with Crippen LogP contribution in [-0.2, 0) is 10.3 Å². The zero-order valence-corrected chi connectivity index (χ0v) is 22.5. The van der Waals surface area contributed by atoms with Gasteiger partial charge in [0.2, 0.25) is 0 Å². The quantitative estimate of drug-likeness (QED) is 0.345. The lowest BCUT2D eigenvalue weighted by atomic mass is 9.73. The van der Waals surface area contributed by atoms with Gasteiger partial charge in [0, 0.05) is 50.8 Å². The first kappa shape index (κ1) is 27.6. The lowest BCUT2D eigenvalue weighted by Crippen LogP contribution is -2.58. The van der Waals surface area contributed by atoms with E-state index in [-0.39, 0.29) is 22.9 Å². The first-order valence-corrected chi connectivity index (χ1v) is 14.0. The van der Waals surface area contributed by atoms with E-state index in [9.17, 15) is 10.2 Å². The predicted octanol–water partition coefficient (Wildman–Crippen LogP) is 4.15. The van der Waals surface area contributed by atoms with E-state index in [1.807, 2.05) is 7.05 Å². The predicted molar refractivity (Wildman–Crippen MR) is 141 cm³/mol. The summed E-state index contributed by atoms with van der Waals surface area (Å²) in [7, 11) is 3.58. The number of nitrogens with zero attached hydrogens (tertiary/aromatic N) is 1. The third kappa shape index (κ3) is 5.70. The Balaban J connectivity index is 1.64.